The van der Waals surface area contributed by atoms with Crippen LogP contribution in [0.15, 0.2) is 36.5 Å². The Hall–Kier alpha value is -1.57. The second kappa shape index (κ2) is 7.33. The minimum Gasteiger partial charge on any atom is -0.357 e. The second-order valence-electron chi connectivity index (χ2n) is 4.46. The van der Waals surface area contributed by atoms with Crippen LogP contribution in [0.1, 0.15) is 11.3 Å². The van der Waals surface area contributed by atoms with Crippen molar-refractivity contribution in [3.8, 4) is 0 Å². The molecular formula is C14H10Cl2F3N3S. The number of rotatable bonds is 3. The smallest absolute Gasteiger partial charge is 0.357 e. The van der Waals surface area contributed by atoms with Gasteiger partial charge in [-0.25, -0.2) is 0 Å². The first-order chi connectivity index (χ1) is 10.8. The molecule has 122 valence electrons. The lowest BCUT2D eigenvalue weighted by Crippen LogP contribution is -2.28. The third-order valence-electron chi connectivity index (χ3n) is 2.76. The maximum atomic E-state index is 12.5. The van der Waals surface area contributed by atoms with E-state index in [2.05, 4.69) is 15.6 Å². The molecule has 0 spiro atoms. The molecule has 9 heteroatoms. The molecule has 0 saturated heterocycles. The minimum absolute atomic E-state index is 0.0818. The lowest BCUT2D eigenvalue weighted by Gasteiger charge is -2.12. The highest BCUT2D eigenvalue weighted by molar-refractivity contribution is 7.80. The van der Waals surface area contributed by atoms with Gasteiger partial charge >= 0.3 is 6.18 Å². The maximum absolute atomic E-state index is 12.5. The number of halogens is 5. The molecule has 0 fully saturated rings. The molecule has 0 unspecified atom stereocenters. The average Bonchev–Trinajstić information content (AvgIpc) is 2.47. The van der Waals surface area contributed by atoms with Crippen molar-refractivity contribution in [2.24, 2.45) is 0 Å². The molecule has 0 amide bonds. The van der Waals surface area contributed by atoms with E-state index in [4.69, 9.17) is 35.4 Å². The Kier molecular flexibility index (Phi) is 5.67. The standard InChI is InChI=1S/C14H10Cl2F3N3S/c15-9-1-3-10(4-2-9)22-13(23)21-7-12-11(16)5-8(6-20-12)14(17,18)19/h1-6H,7H2,(H2,21,22,23). The first-order valence-electron chi connectivity index (χ1n) is 6.28. The first-order valence-corrected chi connectivity index (χ1v) is 7.44. The van der Waals surface area contributed by atoms with Crippen molar-refractivity contribution in [2.45, 2.75) is 12.7 Å². The fourth-order valence-corrected chi connectivity index (χ4v) is 2.17. The maximum Gasteiger partial charge on any atom is 0.417 e. The zero-order valence-electron chi connectivity index (χ0n) is 11.4. The van der Waals surface area contributed by atoms with Crippen molar-refractivity contribution >= 4 is 46.2 Å². The molecule has 2 aromatic rings. The number of anilines is 1. The number of aromatic nitrogens is 1. The van der Waals surface area contributed by atoms with Crippen molar-refractivity contribution < 1.29 is 13.2 Å². The lowest BCUT2D eigenvalue weighted by molar-refractivity contribution is -0.137. The highest BCUT2D eigenvalue weighted by atomic mass is 35.5. The van der Waals surface area contributed by atoms with Crippen LogP contribution in [0.4, 0.5) is 18.9 Å². The Balaban J connectivity index is 1.95. The van der Waals surface area contributed by atoms with Gasteiger partial charge in [-0.2, -0.15) is 13.2 Å². The van der Waals surface area contributed by atoms with Crippen LogP contribution in [-0.2, 0) is 12.7 Å². The quantitative estimate of drug-likeness (QED) is 0.744. The summed E-state index contributed by atoms with van der Waals surface area (Å²) in [7, 11) is 0. The largest absolute Gasteiger partial charge is 0.417 e. The molecule has 2 rings (SSSR count). The number of hydrogen-bond acceptors (Lipinski definition) is 2. The van der Waals surface area contributed by atoms with E-state index in [-0.39, 0.29) is 22.4 Å². The van der Waals surface area contributed by atoms with Gasteiger partial charge in [-0.05, 0) is 42.5 Å². The molecule has 0 aliphatic heterocycles. The van der Waals surface area contributed by atoms with E-state index in [1.807, 2.05) is 0 Å². The van der Waals surface area contributed by atoms with Gasteiger partial charge in [0.15, 0.2) is 5.11 Å². The van der Waals surface area contributed by atoms with Crippen LogP contribution in [-0.4, -0.2) is 10.1 Å². The van der Waals surface area contributed by atoms with E-state index in [1.54, 1.807) is 24.3 Å². The zero-order valence-corrected chi connectivity index (χ0v) is 13.7. The molecule has 1 aromatic carbocycles. The SMILES string of the molecule is FC(F)(F)c1cnc(CNC(=S)Nc2ccc(Cl)cc2)c(Cl)c1. The van der Waals surface area contributed by atoms with Crippen LogP contribution >= 0.6 is 35.4 Å². The molecular weight excluding hydrogens is 370 g/mol. The van der Waals surface area contributed by atoms with E-state index in [0.717, 1.165) is 18.0 Å². The van der Waals surface area contributed by atoms with E-state index in [9.17, 15) is 13.2 Å². The van der Waals surface area contributed by atoms with Crippen LogP contribution in [0.25, 0.3) is 0 Å². The number of nitrogens with one attached hydrogen (secondary N) is 2. The van der Waals surface area contributed by atoms with Gasteiger partial charge in [0.25, 0.3) is 0 Å². The van der Waals surface area contributed by atoms with Crippen LogP contribution in [0.2, 0.25) is 10.0 Å². The summed E-state index contributed by atoms with van der Waals surface area (Å²) in [6, 6.07) is 7.70. The predicted molar refractivity (Wildman–Crippen MR) is 88.8 cm³/mol. The number of benzene rings is 1. The van der Waals surface area contributed by atoms with Gasteiger partial charge < -0.3 is 10.6 Å². The zero-order chi connectivity index (χ0) is 17.0. The first kappa shape index (κ1) is 17.8. The number of alkyl halides is 3. The highest BCUT2D eigenvalue weighted by Gasteiger charge is 2.31. The van der Waals surface area contributed by atoms with Gasteiger partial charge in [-0.1, -0.05) is 23.2 Å². The summed E-state index contributed by atoms with van der Waals surface area (Å²) in [5, 5.41) is 6.52. The van der Waals surface area contributed by atoms with Crippen LogP contribution in [0.5, 0.6) is 0 Å². The molecule has 0 aliphatic carbocycles. The summed E-state index contributed by atoms with van der Waals surface area (Å²) in [6.07, 6.45) is -3.74. The normalized spacial score (nSPS) is 11.2. The summed E-state index contributed by atoms with van der Waals surface area (Å²) in [6.45, 7) is 0.0936. The highest BCUT2D eigenvalue weighted by Crippen LogP contribution is 2.30. The van der Waals surface area contributed by atoms with Crippen LogP contribution in [0, 0.1) is 0 Å². The Morgan fingerprint density at radius 1 is 1.17 bits per heavy atom. The van der Waals surface area contributed by atoms with Crippen LogP contribution < -0.4 is 10.6 Å². The lowest BCUT2D eigenvalue weighted by atomic mass is 10.2. The molecule has 0 atom stereocenters. The second-order valence-corrected chi connectivity index (χ2v) is 5.72. The molecule has 23 heavy (non-hydrogen) atoms. The fraction of sp³-hybridized carbons (Fsp3) is 0.143. The predicted octanol–water partition coefficient (Wildman–Crippen LogP) is 4.89. The van der Waals surface area contributed by atoms with Crippen molar-refractivity contribution in [3.05, 3.63) is 57.8 Å². The van der Waals surface area contributed by atoms with E-state index >= 15 is 0 Å². The van der Waals surface area contributed by atoms with Crippen molar-refractivity contribution in [1.82, 2.24) is 10.3 Å². The summed E-state index contributed by atoms with van der Waals surface area (Å²) in [5.74, 6) is 0. The Labute approximate surface area is 145 Å². The average molecular weight is 380 g/mol. The fourth-order valence-electron chi connectivity index (χ4n) is 1.62. The number of pyridine rings is 1. The molecule has 0 bridgehead atoms. The number of hydrogen-bond donors (Lipinski definition) is 2. The number of nitrogens with zero attached hydrogens (tertiary/aromatic N) is 1. The van der Waals surface area contributed by atoms with Gasteiger partial charge in [0, 0.05) is 16.9 Å². The van der Waals surface area contributed by atoms with E-state index in [0.29, 0.717) is 5.02 Å². The Morgan fingerprint density at radius 3 is 2.39 bits per heavy atom. The summed E-state index contributed by atoms with van der Waals surface area (Å²) in [4.78, 5) is 3.72. The molecule has 0 saturated carbocycles. The summed E-state index contributed by atoms with van der Waals surface area (Å²) in [5.41, 5.74) is 0.0893. The molecule has 1 heterocycles. The van der Waals surface area contributed by atoms with Gasteiger partial charge in [-0.15, -0.1) is 0 Å². The molecule has 0 aliphatic rings. The minimum atomic E-state index is -4.48. The third kappa shape index (κ3) is 5.23. The third-order valence-corrected chi connectivity index (χ3v) is 3.59. The summed E-state index contributed by atoms with van der Waals surface area (Å²) < 4.78 is 37.6. The topological polar surface area (TPSA) is 37.0 Å². The van der Waals surface area contributed by atoms with Crippen LogP contribution in [0.3, 0.4) is 0 Å². The van der Waals surface area contributed by atoms with Gasteiger partial charge in [0.05, 0.1) is 22.8 Å². The molecule has 2 N–H and O–H groups in total. The van der Waals surface area contributed by atoms with Gasteiger partial charge in [-0.3, -0.25) is 4.98 Å². The van der Waals surface area contributed by atoms with Crippen molar-refractivity contribution in [3.63, 3.8) is 0 Å². The van der Waals surface area contributed by atoms with Crippen molar-refractivity contribution in [1.29, 1.82) is 0 Å². The summed E-state index contributed by atoms with van der Waals surface area (Å²) >= 11 is 16.7. The Bertz CT molecular complexity index is 705. The molecule has 1 aromatic heterocycles. The molecule has 0 radical (unpaired) electrons. The van der Waals surface area contributed by atoms with E-state index < -0.39 is 11.7 Å². The van der Waals surface area contributed by atoms with Gasteiger partial charge in [0.1, 0.15) is 0 Å². The molecule has 3 nitrogen and oxygen atoms in total. The Morgan fingerprint density at radius 2 is 1.83 bits per heavy atom. The van der Waals surface area contributed by atoms with Gasteiger partial charge in [0.2, 0.25) is 0 Å². The number of thiocarbonyl (C=S) groups is 1. The van der Waals surface area contributed by atoms with E-state index in [1.165, 1.54) is 0 Å². The van der Waals surface area contributed by atoms with Crippen molar-refractivity contribution in [2.75, 3.05) is 5.32 Å². The monoisotopic (exact) mass is 379 g/mol.